The second-order valence-corrected chi connectivity index (χ2v) is 5.66. The van der Waals surface area contributed by atoms with Gasteiger partial charge in [-0.25, -0.2) is 14.4 Å². The number of carbonyl (C=O) groups excluding carboxylic acids is 1. The van der Waals surface area contributed by atoms with E-state index in [0.717, 1.165) is 0 Å². The average Bonchev–Trinajstić information content (AvgIpc) is 3.23. The third-order valence-electron chi connectivity index (χ3n) is 3.87. The summed E-state index contributed by atoms with van der Waals surface area (Å²) in [5, 5.41) is 9.94. The molecule has 2 aromatic heterocycles. The SMILES string of the molecule is COc1ncccc1C(=O)N(C)Cc1nc([C@H]2C[C@H](F)CN2)n[nH]1. The minimum absolute atomic E-state index is 0.190. The molecule has 3 heterocycles. The molecule has 9 heteroatoms. The molecular formula is C15H19FN6O2. The van der Waals surface area contributed by atoms with Crippen molar-refractivity contribution in [2.75, 3.05) is 20.7 Å². The number of aromatic nitrogens is 4. The van der Waals surface area contributed by atoms with E-state index in [1.165, 1.54) is 12.0 Å². The normalized spacial score (nSPS) is 20.1. The van der Waals surface area contributed by atoms with Gasteiger partial charge in [-0.3, -0.25) is 9.89 Å². The maximum Gasteiger partial charge on any atom is 0.259 e. The highest BCUT2D eigenvalue weighted by molar-refractivity contribution is 5.96. The summed E-state index contributed by atoms with van der Waals surface area (Å²) >= 11 is 0. The molecule has 0 radical (unpaired) electrons. The van der Waals surface area contributed by atoms with Crippen LogP contribution in [0.2, 0.25) is 0 Å². The van der Waals surface area contributed by atoms with Gasteiger partial charge in [0.1, 0.15) is 17.6 Å². The van der Waals surface area contributed by atoms with Crippen LogP contribution in [0.4, 0.5) is 4.39 Å². The van der Waals surface area contributed by atoms with E-state index < -0.39 is 6.17 Å². The van der Waals surface area contributed by atoms with Crippen molar-refractivity contribution in [3.8, 4) is 5.88 Å². The molecule has 0 unspecified atom stereocenters. The van der Waals surface area contributed by atoms with E-state index in [0.29, 0.717) is 30.2 Å². The summed E-state index contributed by atoms with van der Waals surface area (Å²) in [4.78, 5) is 22.4. The number of rotatable bonds is 5. The zero-order valence-corrected chi connectivity index (χ0v) is 13.5. The summed E-state index contributed by atoms with van der Waals surface area (Å²) in [5.41, 5.74) is 0.375. The van der Waals surface area contributed by atoms with Gasteiger partial charge >= 0.3 is 0 Å². The number of alkyl halides is 1. The number of H-pyrrole nitrogens is 1. The summed E-state index contributed by atoms with van der Waals surface area (Å²) in [6.45, 7) is 0.559. The van der Waals surface area contributed by atoms with Crippen LogP contribution in [0.15, 0.2) is 18.3 Å². The summed E-state index contributed by atoms with van der Waals surface area (Å²) in [7, 11) is 3.12. The number of ether oxygens (including phenoxy) is 1. The van der Waals surface area contributed by atoms with E-state index in [-0.39, 0.29) is 24.4 Å². The van der Waals surface area contributed by atoms with Crippen LogP contribution in [0.3, 0.4) is 0 Å². The van der Waals surface area contributed by atoms with Crippen LogP contribution in [0.5, 0.6) is 5.88 Å². The van der Waals surface area contributed by atoms with Gasteiger partial charge in [-0.2, -0.15) is 5.10 Å². The first-order valence-electron chi connectivity index (χ1n) is 7.61. The van der Waals surface area contributed by atoms with Crippen LogP contribution in [0.25, 0.3) is 0 Å². The van der Waals surface area contributed by atoms with E-state index in [2.05, 4.69) is 25.5 Å². The fourth-order valence-corrected chi connectivity index (χ4v) is 2.64. The Labute approximate surface area is 138 Å². The topological polar surface area (TPSA) is 96.0 Å². The van der Waals surface area contributed by atoms with Gasteiger partial charge in [0.2, 0.25) is 5.88 Å². The number of nitrogens with one attached hydrogen (secondary N) is 2. The lowest BCUT2D eigenvalue weighted by Crippen LogP contribution is -2.27. The maximum atomic E-state index is 13.2. The summed E-state index contributed by atoms with van der Waals surface area (Å²) in [6, 6.07) is 3.14. The van der Waals surface area contributed by atoms with Gasteiger partial charge in [0.05, 0.1) is 19.7 Å². The van der Waals surface area contributed by atoms with E-state index in [1.54, 1.807) is 25.4 Å². The molecule has 3 rings (SSSR count). The predicted molar refractivity (Wildman–Crippen MR) is 83.2 cm³/mol. The largest absolute Gasteiger partial charge is 0.480 e. The van der Waals surface area contributed by atoms with Crippen molar-refractivity contribution in [1.82, 2.24) is 30.4 Å². The van der Waals surface area contributed by atoms with Crippen LogP contribution >= 0.6 is 0 Å². The molecule has 24 heavy (non-hydrogen) atoms. The minimum atomic E-state index is -0.876. The van der Waals surface area contributed by atoms with E-state index in [4.69, 9.17) is 4.74 Å². The number of aromatic amines is 1. The first-order chi connectivity index (χ1) is 11.6. The van der Waals surface area contributed by atoms with Gasteiger partial charge in [-0.1, -0.05) is 0 Å². The Morgan fingerprint density at radius 1 is 1.54 bits per heavy atom. The first-order valence-corrected chi connectivity index (χ1v) is 7.61. The third-order valence-corrected chi connectivity index (χ3v) is 3.87. The zero-order valence-electron chi connectivity index (χ0n) is 13.5. The maximum absolute atomic E-state index is 13.2. The highest BCUT2D eigenvalue weighted by Crippen LogP contribution is 2.22. The molecule has 0 saturated carbocycles. The third kappa shape index (κ3) is 3.35. The van der Waals surface area contributed by atoms with Crippen molar-refractivity contribution in [3.05, 3.63) is 35.5 Å². The Morgan fingerprint density at radius 3 is 3.08 bits per heavy atom. The summed E-state index contributed by atoms with van der Waals surface area (Å²) in [5.74, 6) is 1.09. The second kappa shape index (κ2) is 6.91. The molecule has 1 aliphatic heterocycles. The molecule has 1 aliphatic rings. The second-order valence-electron chi connectivity index (χ2n) is 5.66. The van der Waals surface area contributed by atoms with Crippen molar-refractivity contribution in [2.45, 2.75) is 25.2 Å². The standard InChI is InChI=1S/C15H19FN6O2/c1-22(15(23)10-4-3-5-17-14(10)24-2)8-12-19-13(21-20-12)11-6-9(16)7-18-11/h3-5,9,11,18H,6-8H2,1-2H3,(H,19,20,21)/t9-,11+/m0/s1. The number of carbonyl (C=O) groups is 1. The molecule has 2 atom stereocenters. The number of halogens is 1. The van der Waals surface area contributed by atoms with Gasteiger partial charge in [-0.05, 0) is 12.1 Å². The summed E-state index contributed by atoms with van der Waals surface area (Å²) < 4.78 is 18.4. The van der Waals surface area contributed by atoms with Gasteiger partial charge in [0.15, 0.2) is 5.82 Å². The number of hydrogen-bond donors (Lipinski definition) is 2. The van der Waals surface area contributed by atoms with Crippen LogP contribution in [0, 0.1) is 0 Å². The van der Waals surface area contributed by atoms with E-state index in [9.17, 15) is 9.18 Å². The fourth-order valence-electron chi connectivity index (χ4n) is 2.64. The first kappa shape index (κ1) is 16.3. The average molecular weight is 334 g/mol. The molecule has 0 aromatic carbocycles. The lowest BCUT2D eigenvalue weighted by atomic mass is 10.2. The van der Waals surface area contributed by atoms with Crippen LogP contribution in [-0.4, -0.2) is 57.8 Å². The molecule has 0 bridgehead atoms. The van der Waals surface area contributed by atoms with Crippen LogP contribution < -0.4 is 10.1 Å². The molecule has 2 N–H and O–H groups in total. The molecule has 1 saturated heterocycles. The molecule has 1 amide bonds. The monoisotopic (exact) mass is 334 g/mol. The molecule has 1 fully saturated rings. The molecule has 0 spiro atoms. The van der Waals surface area contributed by atoms with Crippen molar-refractivity contribution in [2.24, 2.45) is 0 Å². The van der Waals surface area contributed by atoms with Crippen molar-refractivity contribution < 1.29 is 13.9 Å². The number of hydrogen-bond acceptors (Lipinski definition) is 6. The summed E-state index contributed by atoms with van der Waals surface area (Å²) in [6.07, 6.45) is 1.04. The Hall–Kier alpha value is -2.55. The Kier molecular flexibility index (Phi) is 4.70. The van der Waals surface area contributed by atoms with Gasteiger partial charge in [-0.15, -0.1) is 0 Å². The zero-order chi connectivity index (χ0) is 17.1. The molecule has 8 nitrogen and oxygen atoms in total. The highest BCUT2D eigenvalue weighted by Gasteiger charge is 2.28. The van der Waals surface area contributed by atoms with Crippen LogP contribution in [-0.2, 0) is 6.54 Å². The van der Waals surface area contributed by atoms with Crippen LogP contribution in [0.1, 0.15) is 34.5 Å². The Morgan fingerprint density at radius 2 is 2.38 bits per heavy atom. The quantitative estimate of drug-likeness (QED) is 0.842. The van der Waals surface area contributed by atoms with Gasteiger partial charge in [0.25, 0.3) is 5.91 Å². The number of amides is 1. The van der Waals surface area contributed by atoms with E-state index >= 15 is 0 Å². The van der Waals surface area contributed by atoms with Gasteiger partial charge < -0.3 is 15.0 Å². The Bertz CT molecular complexity index is 721. The smallest absolute Gasteiger partial charge is 0.259 e. The fraction of sp³-hybridized carbons (Fsp3) is 0.467. The van der Waals surface area contributed by atoms with Crippen molar-refractivity contribution in [3.63, 3.8) is 0 Å². The molecular weight excluding hydrogens is 315 g/mol. The van der Waals surface area contributed by atoms with Crippen molar-refractivity contribution in [1.29, 1.82) is 0 Å². The molecule has 128 valence electrons. The number of methoxy groups -OCH3 is 1. The number of nitrogens with zero attached hydrogens (tertiary/aromatic N) is 4. The van der Waals surface area contributed by atoms with Gasteiger partial charge in [0, 0.05) is 26.2 Å². The lowest BCUT2D eigenvalue weighted by molar-refractivity contribution is 0.0777. The predicted octanol–water partition coefficient (Wildman–Crippen LogP) is 0.853. The Balaban J connectivity index is 1.67. The molecule has 0 aliphatic carbocycles. The number of pyridine rings is 1. The highest BCUT2D eigenvalue weighted by atomic mass is 19.1. The van der Waals surface area contributed by atoms with Crippen molar-refractivity contribution >= 4 is 5.91 Å². The minimum Gasteiger partial charge on any atom is -0.480 e. The lowest BCUT2D eigenvalue weighted by Gasteiger charge is -2.16. The molecule has 2 aromatic rings. The van der Waals surface area contributed by atoms with E-state index in [1.807, 2.05) is 0 Å².